The molecule has 0 aromatic carbocycles. The summed E-state index contributed by atoms with van der Waals surface area (Å²) in [4.78, 5) is 0. The lowest BCUT2D eigenvalue weighted by molar-refractivity contribution is -0.0715. The van der Waals surface area contributed by atoms with Crippen molar-refractivity contribution in [2.45, 2.75) is 49.3 Å². The maximum atomic E-state index is 12.6. The standard InChI is InChI=1S/C15H25N3O4S/c1-17-15(5-8-16-17)23(19,20)18-9-6-13(7-10-18)22-12-14-4-2-3-11-21-14/h5,8,13-14H,2-4,6-7,9-12H2,1H3/t14-/m1/s1. The summed E-state index contributed by atoms with van der Waals surface area (Å²) in [5, 5.41) is 4.19. The SMILES string of the molecule is Cn1nccc1S(=O)(=O)N1CCC(OC[C@H]2CCCCO2)CC1. The van der Waals surface area contributed by atoms with Gasteiger partial charge in [0.25, 0.3) is 10.0 Å². The molecule has 2 saturated heterocycles. The molecule has 0 N–H and O–H groups in total. The van der Waals surface area contributed by atoms with E-state index in [0.717, 1.165) is 32.3 Å². The molecule has 130 valence electrons. The van der Waals surface area contributed by atoms with Crippen LogP contribution in [0.5, 0.6) is 0 Å². The quantitative estimate of drug-likeness (QED) is 0.802. The molecule has 2 fully saturated rings. The maximum absolute atomic E-state index is 12.6. The lowest BCUT2D eigenvalue weighted by Gasteiger charge is -2.32. The predicted molar refractivity (Wildman–Crippen MR) is 84.5 cm³/mol. The number of nitrogens with zero attached hydrogens (tertiary/aromatic N) is 3. The Hall–Kier alpha value is -0.960. The van der Waals surface area contributed by atoms with Crippen molar-refractivity contribution < 1.29 is 17.9 Å². The molecule has 0 saturated carbocycles. The van der Waals surface area contributed by atoms with E-state index in [1.165, 1.54) is 21.6 Å². The summed E-state index contributed by atoms with van der Waals surface area (Å²) in [5.74, 6) is 0. The highest BCUT2D eigenvalue weighted by atomic mass is 32.2. The Kier molecular flexibility index (Phi) is 5.35. The monoisotopic (exact) mass is 343 g/mol. The summed E-state index contributed by atoms with van der Waals surface area (Å²) in [5.41, 5.74) is 0. The van der Waals surface area contributed by atoms with E-state index < -0.39 is 10.0 Å². The van der Waals surface area contributed by atoms with Crippen LogP contribution in [0.3, 0.4) is 0 Å². The van der Waals surface area contributed by atoms with E-state index in [4.69, 9.17) is 9.47 Å². The topological polar surface area (TPSA) is 73.7 Å². The van der Waals surface area contributed by atoms with Crippen LogP contribution in [0.1, 0.15) is 32.1 Å². The van der Waals surface area contributed by atoms with E-state index in [1.807, 2.05) is 0 Å². The molecule has 23 heavy (non-hydrogen) atoms. The summed E-state index contributed by atoms with van der Waals surface area (Å²) in [6.45, 7) is 2.43. The van der Waals surface area contributed by atoms with Crippen molar-refractivity contribution in [3.8, 4) is 0 Å². The highest BCUT2D eigenvalue weighted by Crippen LogP contribution is 2.22. The zero-order valence-corrected chi connectivity index (χ0v) is 14.4. The normalized spacial score (nSPS) is 24.8. The second kappa shape index (κ2) is 7.29. The van der Waals surface area contributed by atoms with Gasteiger partial charge in [-0.25, -0.2) is 8.42 Å². The molecule has 1 aromatic heterocycles. The summed E-state index contributed by atoms with van der Waals surface area (Å²) in [6, 6.07) is 1.54. The van der Waals surface area contributed by atoms with Gasteiger partial charge in [-0.1, -0.05) is 0 Å². The molecule has 1 aromatic rings. The van der Waals surface area contributed by atoms with Crippen LogP contribution in [0.4, 0.5) is 0 Å². The minimum Gasteiger partial charge on any atom is -0.376 e. The van der Waals surface area contributed by atoms with Crippen LogP contribution in [-0.4, -0.2) is 61.0 Å². The highest BCUT2D eigenvalue weighted by Gasteiger charge is 2.31. The van der Waals surface area contributed by atoms with E-state index in [-0.39, 0.29) is 17.2 Å². The van der Waals surface area contributed by atoms with Crippen molar-refractivity contribution in [2.75, 3.05) is 26.3 Å². The molecular formula is C15H25N3O4S. The number of rotatable bonds is 5. The van der Waals surface area contributed by atoms with E-state index in [1.54, 1.807) is 13.1 Å². The van der Waals surface area contributed by atoms with Gasteiger partial charge in [0.05, 0.1) is 25.0 Å². The Morgan fingerprint density at radius 2 is 2.09 bits per heavy atom. The van der Waals surface area contributed by atoms with Gasteiger partial charge in [0.2, 0.25) is 0 Å². The van der Waals surface area contributed by atoms with Gasteiger partial charge in [-0.15, -0.1) is 0 Å². The lowest BCUT2D eigenvalue weighted by Crippen LogP contribution is -2.42. The van der Waals surface area contributed by atoms with Crippen LogP contribution in [0.2, 0.25) is 0 Å². The summed E-state index contributed by atoms with van der Waals surface area (Å²) in [7, 11) is -1.81. The first kappa shape index (κ1) is 16.9. The van der Waals surface area contributed by atoms with Gasteiger partial charge in [0, 0.05) is 26.7 Å². The average Bonchev–Trinajstić information content (AvgIpc) is 3.01. The van der Waals surface area contributed by atoms with E-state index in [0.29, 0.717) is 19.7 Å². The zero-order chi connectivity index (χ0) is 16.3. The fraction of sp³-hybridized carbons (Fsp3) is 0.800. The Labute approximate surface area is 137 Å². The molecule has 3 heterocycles. The number of ether oxygens (including phenoxy) is 2. The van der Waals surface area contributed by atoms with Crippen molar-refractivity contribution in [3.05, 3.63) is 12.3 Å². The largest absolute Gasteiger partial charge is 0.376 e. The molecule has 1 atom stereocenters. The number of sulfonamides is 1. The van der Waals surface area contributed by atoms with Crippen molar-refractivity contribution in [2.24, 2.45) is 7.05 Å². The molecule has 0 radical (unpaired) electrons. The minimum atomic E-state index is -3.45. The number of hydrogen-bond donors (Lipinski definition) is 0. The van der Waals surface area contributed by atoms with E-state index in [2.05, 4.69) is 5.10 Å². The van der Waals surface area contributed by atoms with Gasteiger partial charge >= 0.3 is 0 Å². The van der Waals surface area contributed by atoms with Crippen LogP contribution in [0.25, 0.3) is 0 Å². The third kappa shape index (κ3) is 3.93. The fourth-order valence-corrected chi connectivity index (χ4v) is 4.74. The number of aromatic nitrogens is 2. The van der Waals surface area contributed by atoms with Gasteiger partial charge in [-0.3, -0.25) is 4.68 Å². The van der Waals surface area contributed by atoms with Gasteiger partial charge in [-0.05, 0) is 38.2 Å². The molecule has 0 spiro atoms. The summed E-state index contributed by atoms with van der Waals surface area (Å²) < 4.78 is 39.7. The van der Waals surface area contributed by atoms with Crippen LogP contribution in [0, 0.1) is 0 Å². The Balaban J connectivity index is 1.49. The van der Waals surface area contributed by atoms with E-state index in [9.17, 15) is 8.42 Å². The van der Waals surface area contributed by atoms with Crippen LogP contribution in [0.15, 0.2) is 17.3 Å². The Morgan fingerprint density at radius 1 is 1.30 bits per heavy atom. The number of hydrogen-bond acceptors (Lipinski definition) is 5. The van der Waals surface area contributed by atoms with Gasteiger partial charge in [-0.2, -0.15) is 9.40 Å². The molecule has 2 aliphatic rings. The molecule has 0 unspecified atom stereocenters. The molecule has 3 rings (SSSR count). The number of piperidine rings is 1. The molecule has 8 heteroatoms. The zero-order valence-electron chi connectivity index (χ0n) is 13.6. The van der Waals surface area contributed by atoms with Crippen molar-refractivity contribution in [1.82, 2.24) is 14.1 Å². The molecule has 2 aliphatic heterocycles. The van der Waals surface area contributed by atoms with Crippen LogP contribution >= 0.6 is 0 Å². The molecule has 7 nitrogen and oxygen atoms in total. The second-order valence-corrected chi connectivity index (χ2v) is 8.10. The summed E-state index contributed by atoms with van der Waals surface area (Å²) >= 11 is 0. The number of aryl methyl sites for hydroxylation is 1. The van der Waals surface area contributed by atoms with Crippen LogP contribution in [-0.2, 0) is 26.5 Å². The van der Waals surface area contributed by atoms with Gasteiger partial charge < -0.3 is 9.47 Å². The van der Waals surface area contributed by atoms with Gasteiger partial charge in [0.15, 0.2) is 5.03 Å². The second-order valence-electron chi connectivity index (χ2n) is 6.22. The molecule has 0 bridgehead atoms. The van der Waals surface area contributed by atoms with Crippen LogP contribution < -0.4 is 0 Å². The molecule has 0 amide bonds. The summed E-state index contributed by atoms with van der Waals surface area (Å²) in [6.07, 6.45) is 6.70. The third-order valence-electron chi connectivity index (χ3n) is 4.57. The highest BCUT2D eigenvalue weighted by molar-refractivity contribution is 7.89. The van der Waals surface area contributed by atoms with Gasteiger partial charge in [0.1, 0.15) is 0 Å². The maximum Gasteiger partial charge on any atom is 0.260 e. The average molecular weight is 343 g/mol. The first-order valence-corrected chi connectivity index (χ1v) is 9.73. The predicted octanol–water partition coefficient (Wildman–Crippen LogP) is 1.16. The first-order valence-electron chi connectivity index (χ1n) is 8.29. The smallest absolute Gasteiger partial charge is 0.260 e. The third-order valence-corrected chi connectivity index (χ3v) is 6.55. The fourth-order valence-electron chi connectivity index (χ4n) is 3.17. The molecular weight excluding hydrogens is 318 g/mol. The molecule has 0 aliphatic carbocycles. The van der Waals surface area contributed by atoms with Crippen molar-refractivity contribution in [3.63, 3.8) is 0 Å². The Morgan fingerprint density at radius 3 is 2.70 bits per heavy atom. The lowest BCUT2D eigenvalue weighted by atomic mass is 10.1. The first-order chi connectivity index (χ1) is 11.1. The Bertz CT molecular complexity index is 602. The van der Waals surface area contributed by atoms with E-state index >= 15 is 0 Å². The van der Waals surface area contributed by atoms with Crippen molar-refractivity contribution >= 4 is 10.0 Å². The minimum absolute atomic E-state index is 0.124. The van der Waals surface area contributed by atoms with Crippen molar-refractivity contribution in [1.29, 1.82) is 0 Å².